The minimum absolute atomic E-state index is 0.195. The lowest BCUT2D eigenvalue weighted by molar-refractivity contribution is 0.317. The van der Waals surface area contributed by atoms with Gasteiger partial charge in [-0.15, -0.1) is 0 Å². The number of phenolic OH excluding ortho intramolecular Hbond substituents is 1. The van der Waals surface area contributed by atoms with E-state index in [0.717, 1.165) is 12.0 Å². The molecule has 0 radical (unpaired) electrons. The first-order valence-corrected chi connectivity index (χ1v) is 5.34. The maximum atomic E-state index is 9.53. The van der Waals surface area contributed by atoms with Crippen molar-refractivity contribution in [3.8, 4) is 11.5 Å². The number of benzene rings is 1. The van der Waals surface area contributed by atoms with Crippen molar-refractivity contribution in [2.75, 3.05) is 13.2 Å². The molecule has 0 saturated heterocycles. The van der Waals surface area contributed by atoms with E-state index in [0.29, 0.717) is 24.8 Å². The van der Waals surface area contributed by atoms with Crippen molar-refractivity contribution in [2.45, 2.75) is 26.2 Å². The van der Waals surface area contributed by atoms with E-state index in [1.165, 1.54) is 0 Å². The van der Waals surface area contributed by atoms with Crippen molar-refractivity contribution in [2.24, 2.45) is 5.73 Å². The Morgan fingerprint density at radius 3 is 2.80 bits per heavy atom. The fourth-order valence-electron chi connectivity index (χ4n) is 1.53. The summed E-state index contributed by atoms with van der Waals surface area (Å²) in [5.74, 6) is 1.15. The Labute approximate surface area is 90.9 Å². The summed E-state index contributed by atoms with van der Waals surface area (Å²) in [4.78, 5) is 0. The molecule has 0 bridgehead atoms. The van der Waals surface area contributed by atoms with Crippen LogP contribution in [0.2, 0.25) is 0 Å². The number of rotatable bonds is 5. The third kappa shape index (κ3) is 3.13. The lowest BCUT2D eigenvalue weighted by Crippen LogP contribution is -2.04. The molecule has 1 aromatic carbocycles. The molecule has 3 heteroatoms. The van der Waals surface area contributed by atoms with Crippen molar-refractivity contribution < 1.29 is 9.84 Å². The summed E-state index contributed by atoms with van der Waals surface area (Å²) in [5, 5.41) is 9.53. The summed E-state index contributed by atoms with van der Waals surface area (Å²) in [6.45, 7) is 5.25. The standard InChI is InChI=1S/C12H19NO2/c1-3-15-12-8-10(4-5-11(12)14)9(2)6-7-13/h4-5,8-9,14H,3,6-7,13H2,1-2H3. The number of ether oxygens (including phenoxy) is 1. The second-order valence-corrected chi connectivity index (χ2v) is 3.64. The van der Waals surface area contributed by atoms with Crippen LogP contribution in [0.15, 0.2) is 18.2 Å². The molecule has 3 N–H and O–H groups in total. The minimum atomic E-state index is 0.195. The van der Waals surface area contributed by atoms with Crippen molar-refractivity contribution in [1.82, 2.24) is 0 Å². The normalized spacial score (nSPS) is 12.5. The lowest BCUT2D eigenvalue weighted by Gasteiger charge is -2.13. The smallest absolute Gasteiger partial charge is 0.161 e. The van der Waals surface area contributed by atoms with Crippen LogP contribution in [0, 0.1) is 0 Å². The topological polar surface area (TPSA) is 55.5 Å². The Morgan fingerprint density at radius 2 is 2.20 bits per heavy atom. The molecule has 0 aliphatic rings. The number of phenols is 1. The van der Waals surface area contributed by atoms with Gasteiger partial charge in [-0.2, -0.15) is 0 Å². The highest BCUT2D eigenvalue weighted by Crippen LogP contribution is 2.30. The van der Waals surface area contributed by atoms with Crippen molar-refractivity contribution >= 4 is 0 Å². The largest absolute Gasteiger partial charge is 0.504 e. The highest BCUT2D eigenvalue weighted by Gasteiger charge is 2.08. The third-order valence-corrected chi connectivity index (χ3v) is 2.45. The van der Waals surface area contributed by atoms with Gasteiger partial charge in [0.1, 0.15) is 0 Å². The van der Waals surface area contributed by atoms with Crippen LogP contribution in [-0.4, -0.2) is 18.3 Å². The second-order valence-electron chi connectivity index (χ2n) is 3.64. The first-order valence-electron chi connectivity index (χ1n) is 5.34. The maximum absolute atomic E-state index is 9.53. The molecule has 15 heavy (non-hydrogen) atoms. The molecule has 0 amide bonds. The molecular formula is C12H19NO2. The van der Waals surface area contributed by atoms with Gasteiger partial charge in [0.05, 0.1) is 6.61 Å². The van der Waals surface area contributed by atoms with Gasteiger partial charge >= 0.3 is 0 Å². The number of nitrogens with two attached hydrogens (primary N) is 1. The molecule has 0 saturated carbocycles. The lowest BCUT2D eigenvalue weighted by atomic mass is 9.97. The quantitative estimate of drug-likeness (QED) is 0.782. The van der Waals surface area contributed by atoms with Crippen LogP contribution < -0.4 is 10.5 Å². The zero-order valence-corrected chi connectivity index (χ0v) is 9.36. The first-order chi connectivity index (χ1) is 7.19. The zero-order valence-electron chi connectivity index (χ0n) is 9.36. The molecule has 0 fully saturated rings. The molecule has 1 aromatic rings. The second kappa shape index (κ2) is 5.61. The predicted molar refractivity (Wildman–Crippen MR) is 61.4 cm³/mol. The summed E-state index contributed by atoms with van der Waals surface area (Å²) < 4.78 is 5.32. The van der Waals surface area contributed by atoms with E-state index >= 15 is 0 Å². The highest BCUT2D eigenvalue weighted by atomic mass is 16.5. The SMILES string of the molecule is CCOc1cc(C(C)CCN)ccc1O. The van der Waals surface area contributed by atoms with Gasteiger partial charge in [0.2, 0.25) is 0 Å². The van der Waals surface area contributed by atoms with E-state index in [1.54, 1.807) is 6.07 Å². The maximum Gasteiger partial charge on any atom is 0.161 e. The van der Waals surface area contributed by atoms with Gasteiger partial charge in [-0.3, -0.25) is 0 Å². The molecule has 0 aliphatic heterocycles. The average Bonchev–Trinajstić information content (AvgIpc) is 2.22. The van der Waals surface area contributed by atoms with Crippen molar-refractivity contribution in [3.63, 3.8) is 0 Å². The molecule has 84 valence electrons. The Kier molecular flexibility index (Phi) is 4.43. The average molecular weight is 209 g/mol. The fourth-order valence-corrected chi connectivity index (χ4v) is 1.53. The molecule has 1 unspecified atom stereocenters. The van der Waals surface area contributed by atoms with Gasteiger partial charge in [-0.25, -0.2) is 0 Å². The molecule has 0 aromatic heterocycles. The minimum Gasteiger partial charge on any atom is -0.504 e. The third-order valence-electron chi connectivity index (χ3n) is 2.45. The Balaban J connectivity index is 2.86. The van der Waals surface area contributed by atoms with Gasteiger partial charge < -0.3 is 15.6 Å². The van der Waals surface area contributed by atoms with E-state index in [4.69, 9.17) is 10.5 Å². The van der Waals surface area contributed by atoms with Crippen LogP contribution in [0.4, 0.5) is 0 Å². The van der Waals surface area contributed by atoms with Crippen LogP contribution in [0.1, 0.15) is 31.7 Å². The van der Waals surface area contributed by atoms with Crippen molar-refractivity contribution in [1.29, 1.82) is 0 Å². The van der Waals surface area contributed by atoms with Gasteiger partial charge in [0, 0.05) is 0 Å². The van der Waals surface area contributed by atoms with E-state index in [1.807, 2.05) is 19.1 Å². The Bertz CT molecular complexity index is 312. The monoisotopic (exact) mass is 209 g/mol. The van der Waals surface area contributed by atoms with Gasteiger partial charge in [0.25, 0.3) is 0 Å². The van der Waals surface area contributed by atoms with E-state index in [9.17, 15) is 5.11 Å². The molecular weight excluding hydrogens is 190 g/mol. The summed E-state index contributed by atoms with van der Waals surface area (Å²) in [6, 6.07) is 5.48. The zero-order chi connectivity index (χ0) is 11.3. The Hall–Kier alpha value is -1.22. The van der Waals surface area contributed by atoms with Crippen LogP contribution in [0.3, 0.4) is 0 Å². The Morgan fingerprint density at radius 1 is 1.47 bits per heavy atom. The van der Waals surface area contributed by atoms with Gasteiger partial charge in [-0.1, -0.05) is 13.0 Å². The van der Waals surface area contributed by atoms with E-state index < -0.39 is 0 Å². The molecule has 0 aliphatic carbocycles. The summed E-state index contributed by atoms with van der Waals surface area (Å²) >= 11 is 0. The van der Waals surface area contributed by atoms with Crippen molar-refractivity contribution in [3.05, 3.63) is 23.8 Å². The van der Waals surface area contributed by atoms with Crippen LogP contribution in [0.5, 0.6) is 11.5 Å². The molecule has 1 rings (SSSR count). The van der Waals surface area contributed by atoms with Crippen LogP contribution in [-0.2, 0) is 0 Å². The number of hydrogen-bond acceptors (Lipinski definition) is 3. The van der Waals surface area contributed by atoms with Gasteiger partial charge in [-0.05, 0) is 43.5 Å². The van der Waals surface area contributed by atoms with Gasteiger partial charge in [0.15, 0.2) is 11.5 Å². The molecule has 1 atom stereocenters. The van der Waals surface area contributed by atoms with E-state index in [2.05, 4.69) is 6.92 Å². The molecule has 3 nitrogen and oxygen atoms in total. The summed E-state index contributed by atoms with van der Waals surface area (Å²) in [6.07, 6.45) is 0.941. The van der Waals surface area contributed by atoms with Crippen LogP contribution in [0.25, 0.3) is 0 Å². The number of hydrogen-bond donors (Lipinski definition) is 2. The molecule has 0 spiro atoms. The predicted octanol–water partition coefficient (Wildman–Crippen LogP) is 2.24. The number of aromatic hydroxyl groups is 1. The van der Waals surface area contributed by atoms with E-state index in [-0.39, 0.29) is 5.75 Å². The highest BCUT2D eigenvalue weighted by molar-refractivity contribution is 5.42. The fraction of sp³-hybridized carbons (Fsp3) is 0.500. The summed E-state index contributed by atoms with van der Waals surface area (Å²) in [5.41, 5.74) is 6.67. The first kappa shape index (κ1) is 11.9. The summed E-state index contributed by atoms with van der Waals surface area (Å²) in [7, 11) is 0. The van der Waals surface area contributed by atoms with Crippen LogP contribution >= 0.6 is 0 Å². The molecule has 0 heterocycles.